The molecule has 0 spiro atoms. The Kier molecular flexibility index (Phi) is 5.63. The summed E-state index contributed by atoms with van der Waals surface area (Å²) >= 11 is 0. The van der Waals surface area contributed by atoms with Crippen molar-refractivity contribution in [3.05, 3.63) is 42.0 Å². The molecule has 0 saturated heterocycles. The fourth-order valence-corrected chi connectivity index (χ4v) is 2.00. The molecule has 0 unspecified atom stereocenters. The van der Waals surface area contributed by atoms with Gasteiger partial charge in [-0.25, -0.2) is 4.98 Å². The molecule has 0 aliphatic rings. The Hall–Kier alpha value is -2.01. The number of imidazole rings is 1. The van der Waals surface area contributed by atoms with Gasteiger partial charge in [0.2, 0.25) is 0 Å². The highest BCUT2D eigenvalue weighted by Crippen LogP contribution is 2.25. The molecule has 5 heteroatoms. The maximum atomic E-state index is 9.38. The summed E-state index contributed by atoms with van der Waals surface area (Å²) in [5, 5.41) is 9.38. The van der Waals surface area contributed by atoms with Crippen LogP contribution in [-0.4, -0.2) is 27.9 Å². The van der Waals surface area contributed by atoms with Crippen molar-refractivity contribution in [2.75, 3.05) is 13.2 Å². The molecule has 0 bridgehead atoms. The number of ether oxygens (including phenoxy) is 2. The van der Waals surface area contributed by atoms with E-state index in [1.54, 1.807) is 6.20 Å². The molecule has 1 aromatic heterocycles. The number of aromatic nitrogens is 2. The Labute approximate surface area is 125 Å². The first-order chi connectivity index (χ1) is 10.2. The topological polar surface area (TPSA) is 56.5 Å². The number of hydrogen-bond acceptors (Lipinski definition) is 4. The second kappa shape index (κ2) is 7.69. The predicted octanol–water partition coefficient (Wildman–Crippen LogP) is 2.32. The minimum absolute atomic E-state index is 0.0498. The van der Waals surface area contributed by atoms with E-state index in [1.807, 2.05) is 36.0 Å². The van der Waals surface area contributed by atoms with Crippen molar-refractivity contribution >= 4 is 0 Å². The summed E-state index contributed by atoms with van der Waals surface area (Å²) in [7, 11) is 1.96. The minimum atomic E-state index is -0.0498. The number of benzene rings is 1. The summed E-state index contributed by atoms with van der Waals surface area (Å²) in [6.07, 6.45) is 5.35. The van der Waals surface area contributed by atoms with Gasteiger partial charge in [-0.15, -0.1) is 0 Å². The molecule has 0 amide bonds. The van der Waals surface area contributed by atoms with E-state index in [9.17, 15) is 5.11 Å². The van der Waals surface area contributed by atoms with Crippen molar-refractivity contribution < 1.29 is 14.6 Å². The third-order valence-electron chi connectivity index (χ3n) is 3.19. The minimum Gasteiger partial charge on any atom is -0.493 e. The van der Waals surface area contributed by atoms with E-state index in [0.717, 1.165) is 23.6 Å². The smallest absolute Gasteiger partial charge is 0.128 e. The van der Waals surface area contributed by atoms with Gasteiger partial charge in [0.25, 0.3) is 0 Å². The van der Waals surface area contributed by atoms with E-state index in [4.69, 9.17) is 9.47 Å². The second-order valence-electron chi connectivity index (χ2n) is 4.83. The average molecular weight is 290 g/mol. The SMILES string of the molecule is CCCOc1ccc(CO)c(OCCc2nccn2C)c1. The van der Waals surface area contributed by atoms with Crippen LogP contribution in [0.25, 0.3) is 0 Å². The highest BCUT2D eigenvalue weighted by atomic mass is 16.5. The monoisotopic (exact) mass is 290 g/mol. The zero-order valence-electron chi connectivity index (χ0n) is 12.6. The van der Waals surface area contributed by atoms with Crippen LogP contribution in [0.2, 0.25) is 0 Å². The van der Waals surface area contributed by atoms with E-state index >= 15 is 0 Å². The quantitative estimate of drug-likeness (QED) is 0.810. The van der Waals surface area contributed by atoms with Crippen LogP contribution in [0.3, 0.4) is 0 Å². The van der Waals surface area contributed by atoms with Gasteiger partial charge < -0.3 is 19.1 Å². The van der Waals surface area contributed by atoms with Gasteiger partial charge in [-0.1, -0.05) is 6.92 Å². The molecule has 0 radical (unpaired) electrons. The van der Waals surface area contributed by atoms with Crippen molar-refractivity contribution in [3.63, 3.8) is 0 Å². The fraction of sp³-hybridized carbons (Fsp3) is 0.438. The first-order valence-electron chi connectivity index (χ1n) is 7.20. The molecule has 1 aromatic carbocycles. The predicted molar refractivity (Wildman–Crippen MR) is 80.6 cm³/mol. The molecule has 0 atom stereocenters. The maximum absolute atomic E-state index is 9.38. The third kappa shape index (κ3) is 4.23. The normalized spacial score (nSPS) is 10.6. The molecule has 2 aromatic rings. The maximum Gasteiger partial charge on any atom is 0.128 e. The first-order valence-corrected chi connectivity index (χ1v) is 7.20. The Balaban J connectivity index is 1.98. The number of aliphatic hydroxyl groups is 1. The van der Waals surface area contributed by atoms with Gasteiger partial charge in [0.05, 0.1) is 19.8 Å². The number of aryl methyl sites for hydroxylation is 1. The van der Waals surface area contributed by atoms with Crippen LogP contribution in [0.15, 0.2) is 30.6 Å². The number of hydrogen-bond donors (Lipinski definition) is 1. The van der Waals surface area contributed by atoms with Crippen LogP contribution in [0.4, 0.5) is 0 Å². The van der Waals surface area contributed by atoms with E-state index < -0.39 is 0 Å². The lowest BCUT2D eigenvalue weighted by Gasteiger charge is -2.12. The summed E-state index contributed by atoms with van der Waals surface area (Å²) in [6, 6.07) is 5.52. The molecule has 5 nitrogen and oxygen atoms in total. The summed E-state index contributed by atoms with van der Waals surface area (Å²) in [5.41, 5.74) is 0.763. The van der Waals surface area contributed by atoms with Crippen LogP contribution in [0.5, 0.6) is 11.5 Å². The number of rotatable bonds is 8. The van der Waals surface area contributed by atoms with Crippen molar-refractivity contribution in [2.24, 2.45) is 7.05 Å². The van der Waals surface area contributed by atoms with E-state index in [-0.39, 0.29) is 6.61 Å². The Bertz CT molecular complexity index is 566. The highest BCUT2D eigenvalue weighted by Gasteiger charge is 2.07. The molecule has 1 heterocycles. The molecule has 1 N–H and O–H groups in total. The van der Waals surface area contributed by atoms with Gasteiger partial charge in [-0.3, -0.25) is 0 Å². The standard InChI is InChI=1S/C16H22N2O3/c1-3-9-20-14-5-4-13(12-19)15(11-14)21-10-6-16-17-7-8-18(16)2/h4-5,7-8,11,19H,3,6,9-10,12H2,1-2H3. The molecule has 0 aliphatic carbocycles. The van der Waals surface area contributed by atoms with Crippen molar-refractivity contribution in [1.82, 2.24) is 9.55 Å². The lowest BCUT2D eigenvalue weighted by Crippen LogP contribution is -2.07. The van der Waals surface area contributed by atoms with E-state index in [2.05, 4.69) is 11.9 Å². The average Bonchev–Trinajstić information content (AvgIpc) is 2.91. The molecular formula is C16H22N2O3. The Morgan fingerprint density at radius 1 is 1.24 bits per heavy atom. The van der Waals surface area contributed by atoms with Crippen molar-refractivity contribution in [2.45, 2.75) is 26.4 Å². The molecule has 0 saturated carbocycles. The van der Waals surface area contributed by atoms with Gasteiger partial charge >= 0.3 is 0 Å². The summed E-state index contributed by atoms with van der Waals surface area (Å²) < 4.78 is 13.3. The first kappa shape index (κ1) is 15.4. The van der Waals surface area contributed by atoms with Crippen LogP contribution < -0.4 is 9.47 Å². The van der Waals surface area contributed by atoms with E-state index in [1.165, 1.54) is 0 Å². The van der Waals surface area contributed by atoms with Crippen LogP contribution >= 0.6 is 0 Å². The molecule has 21 heavy (non-hydrogen) atoms. The molecule has 0 aliphatic heterocycles. The van der Waals surface area contributed by atoms with Gasteiger partial charge in [0.15, 0.2) is 0 Å². The van der Waals surface area contributed by atoms with Crippen LogP contribution in [-0.2, 0) is 20.1 Å². The second-order valence-corrected chi connectivity index (χ2v) is 4.83. The largest absolute Gasteiger partial charge is 0.493 e. The van der Waals surface area contributed by atoms with Gasteiger partial charge in [0, 0.05) is 37.5 Å². The van der Waals surface area contributed by atoms with E-state index in [0.29, 0.717) is 25.4 Å². The number of nitrogens with zero attached hydrogens (tertiary/aromatic N) is 2. The zero-order chi connectivity index (χ0) is 15.1. The summed E-state index contributed by atoms with van der Waals surface area (Å²) in [6.45, 7) is 3.19. The van der Waals surface area contributed by atoms with Crippen LogP contribution in [0.1, 0.15) is 24.7 Å². The summed E-state index contributed by atoms with van der Waals surface area (Å²) in [4.78, 5) is 4.26. The van der Waals surface area contributed by atoms with Crippen LogP contribution in [0, 0.1) is 0 Å². The van der Waals surface area contributed by atoms with Gasteiger partial charge in [-0.05, 0) is 18.6 Å². The zero-order valence-corrected chi connectivity index (χ0v) is 12.6. The third-order valence-corrected chi connectivity index (χ3v) is 3.19. The highest BCUT2D eigenvalue weighted by molar-refractivity contribution is 5.40. The Morgan fingerprint density at radius 2 is 2.10 bits per heavy atom. The molecular weight excluding hydrogens is 268 g/mol. The fourth-order valence-electron chi connectivity index (χ4n) is 2.00. The van der Waals surface area contributed by atoms with Crippen molar-refractivity contribution in [3.8, 4) is 11.5 Å². The van der Waals surface area contributed by atoms with Crippen molar-refractivity contribution in [1.29, 1.82) is 0 Å². The molecule has 0 fully saturated rings. The van der Waals surface area contributed by atoms with Gasteiger partial charge in [0.1, 0.15) is 17.3 Å². The number of aliphatic hydroxyl groups excluding tert-OH is 1. The van der Waals surface area contributed by atoms with Gasteiger partial charge in [-0.2, -0.15) is 0 Å². The Morgan fingerprint density at radius 3 is 2.76 bits per heavy atom. The molecule has 114 valence electrons. The molecule has 2 rings (SSSR count). The lowest BCUT2D eigenvalue weighted by molar-refractivity contribution is 0.260. The summed E-state index contributed by atoms with van der Waals surface area (Å²) in [5.74, 6) is 2.40. The lowest BCUT2D eigenvalue weighted by atomic mass is 10.2.